The van der Waals surface area contributed by atoms with Gasteiger partial charge in [0.2, 0.25) is 27.7 Å². The van der Waals surface area contributed by atoms with E-state index in [0.29, 0.717) is 49.8 Å². The topological polar surface area (TPSA) is 185 Å². The fraction of sp³-hybridized carbons (Fsp3) is 0.625. The van der Waals surface area contributed by atoms with Crippen molar-refractivity contribution in [3.8, 4) is 11.6 Å². The maximum absolute atomic E-state index is 15.0. The first-order valence-electron chi connectivity index (χ1n) is 19.8. The largest absolute Gasteiger partial charge is 0.494 e. The fourth-order valence-corrected chi connectivity index (χ4v) is 9.80. The molecule has 7 atom stereocenters. The average molecular weight is 854 g/mol. The van der Waals surface area contributed by atoms with E-state index in [1.54, 1.807) is 36.4 Å². The van der Waals surface area contributed by atoms with Crippen LogP contribution in [0.15, 0.2) is 42.6 Å². The van der Waals surface area contributed by atoms with Crippen LogP contribution in [0, 0.1) is 17.8 Å². The van der Waals surface area contributed by atoms with Gasteiger partial charge in [0.15, 0.2) is 0 Å². The number of amides is 4. The highest BCUT2D eigenvalue weighted by molar-refractivity contribution is 7.91. The van der Waals surface area contributed by atoms with Crippen molar-refractivity contribution in [1.29, 1.82) is 0 Å². The van der Waals surface area contributed by atoms with E-state index in [9.17, 15) is 50.3 Å². The number of rotatable bonds is 10. The zero-order valence-electron chi connectivity index (χ0n) is 33.6. The average Bonchev–Trinajstić information content (AvgIpc) is 4.06. The van der Waals surface area contributed by atoms with Gasteiger partial charge in [-0.25, -0.2) is 22.6 Å². The summed E-state index contributed by atoms with van der Waals surface area (Å²) in [6, 6.07) is 3.45. The van der Waals surface area contributed by atoms with Gasteiger partial charge in [-0.15, -0.1) is 0 Å². The molecule has 0 spiro atoms. The lowest BCUT2D eigenvalue weighted by Crippen LogP contribution is -2.66. The van der Waals surface area contributed by atoms with Gasteiger partial charge >= 0.3 is 12.3 Å². The number of nitrogens with one attached hydrogen (secondary N) is 2. The van der Waals surface area contributed by atoms with Crippen LogP contribution in [-0.4, -0.2) is 112 Å². The Labute approximate surface area is 340 Å². The number of pyridine rings is 1. The number of hydrogen-bond donors (Lipinski definition) is 3. The van der Waals surface area contributed by atoms with Crippen molar-refractivity contribution in [2.24, 2.45) is 17.8 Å². The maximum atomic E-state index is 15.0. The van der Waals surface area contributed by atoms with Crippen molar-refractivity contribution in [2.75, 3.05) is 19.8 Å². The van der Waals surface area contributed by atoms with Gasteiger partial charge in [0.25, 0.3) is 5.91 Å². The molecule has 0 radical (unpaired) electrons. The highest BCUT2D eigenvalue weighted by Gasteiger charge is 2.64. The van der Waals surface area contributed by atoms with E-state index in [1.807, 2.05) is 18.6 Å². The molecule has 2 aromatic rings. The Bertz CT molecular complexity index is 2110. The van der Waals surface area contributed by atoms with Gasteiger partial charge < -0.3 is 24.8 Å². The summed E-state index contributed by atoms with van der Waals surface area (Å²) in [6.07, 6.45) is -2.48. The number of alkyl halides is 4. The molecule has 324 valence electrons. The second-order valence-electron chi connectivity index (χ2n) is 16.9. The van der Waals surface area contributed by atoms with Crippen LogP contribution in [0.3, 0.4) is 0 Å². The van der Waals surface area contributed by atoms with Gasteiger partial charge in [-0.2, -0.15) is 13.2 Å². The summed E-state index contributed by atoms with van der Waals surface area (Å²) in [5, 5.41) is 14.3. The first-order chi connectivity index (χ1) is 27.6. The number of allylic oxidation sites excluding steroid dienone is 1. The number of halogens is 4. The number of carbonyl (C=O) groups is 4. The number of fused-ring (bicyclic) bond motifs is 3. The zero-order chi connectivity index (χ0) is 43.3. The van der Waals surface area contributed by atoms with Crippen LogP contribution in [0.1, 0.15) is 79.6 Å². The monoisotopic (exact) mass is 853 g/mol. The lowest BCUT2D eigenvalue weighted by atomic mass is 9.85. The van der Waals surface area contributed by atoms with Crippen molar-refractivity contribution in [1.82, 2.24) is 24.8 Å². The minimum atomic E-state index is -5.11. The van der Waals surface area contributed by atoms with Gasteiger partial charge in [-0.05, 0) is 101 Å². The summed E-state index contributed by atoms with van der Waals surface area (Å²) >= 11 is 0. The zero-order valence-corrected chi connectivity index (χ0v) is 34.4. The number of ether oxygens (including phenoxy) is 2. The highest BCUT2D eigenvalue weighted by atomic mass is 32.2. The number of sulfonamides is 1. The van der Waals surface area contributed by atoms with E-state index in [1.165, 1.54) is 13.1 Å². The molecule has 6 rings (SSSR count). The van der Waals surface area contributed by atoms with Crippen molar-refractivity contribution in [3.05, 3.63) is 42.6 Å². The molecule has 3 fully saturated rings. The number of hydrogen-bond acceptors (Lipinski definition) is 9. The number of carboxylic acid groups (broad SMARTS) is 1. The Balaban J connectivity index is 1.41. The molecule has 0 bridgehead atoms. The molecule has 3 heterocycles. The Morgan fingerprint density at radius 3 is 2.47 bits per heavy atom. The molecular formula is C40H51F4N5O9S. The lowest BCUT2D eigenvalue weighted by Gasteiger charge is -2.45. The van der Waals surface area contributed by atoms with E-state index in [4.69, 9.17) is 9.47 Å². The van der Waals surface area contributed by atoms with Crippen LogP contribution in [0.5, 0.6) is 11.6 Å². The third kappa shape index (κ3) is 8.40. The number of nitrogens with zero attached hydrogens (tertiary/aromatic N) is 3. The predicted octanol–water partition coefficient (Wildman–Crippen LogP) is 5.51. The van der Waals surface area contributed by atoms with E-state index < -0.39 is 92.5 Å². The summed E-state index contributed by atoms with van der Waals surface area (Å²) in [7, 11) is -4.50. The molecule has 2 aliphatic heterocycles. The first kappa shape index (κ1) is 43.9. The van der Waals surface area contributed by atoms with Gasteiger partial charge in [-0.1, -0.05) is 26.0 Å². The molecule has 14 nitrogen and oxygen atoms in total. The van der Waals surface area contributed by atoms with Crippen molar-refractivity contribution < 1.29 is 59.7 Å². The molecule has 59 heavy (non-hydrogen) atoms. The quantitative estimate of drug-likeness (QED) is 0.204. The Morgan fingerprint density at radius 2 is 1.85 bits per heavy atom. The van der Waals surface area contributed by atoms with E-state index in [0.717, 1.165) is 4.90 Å². The molecule has 0 unspecified atom stereocenters. The molecule has 2 saturated carbocycles. The van der Waals surface area contributed by atoms with Crippen molar-refractivity contribution >= 4 is 44.6 Å². The minimum absolute atomic E-state index is 0.00482. The molecule has 3 N–H and O–H groups in total. The maximum Gasteiger partial charge on any atom is 0.411 e. The molecule has 1 aromatic carbocycles. The fourth-order valence-electron chi connectivity index (χ4n) is 8.37. The van der Waals surface area contributed by atoms with Gasteiger partial charge in [0, 0.05) is 23.9 Å². The number of aromatic nitrogens is 1. The molecule has 4 aliphatic rings. The van der Waals surface area contributed by atoms with Crippen LogP contribution in [0.2, 0.25) is 0 Å². The van der Waals surface area contributed by atoms with Gasteiger partial charge in [-0.3, -0.25) is 24.0 Å². The minimum Gasteiger partial charge on any atom is -0.494 e. The third-order valence-electron chi connectivity index (χ3n) is 12.3. The normalized spacial score (nSPS) is 29.2. The summed E-state index contributed by atoms with van der Waals surface area (Å²) in [4.78, 5) is 61.8. The smallest absolute Gasteiger partial charge is 0.411 e. The van der Waals surface area contributed by atoms with Crippen LogP contribution in [0.25, 0.3) is 10.8 Å². The summed E-state index contributed by atoms with van der Waals surface area (Å²) in [6.45, 7) is 5.32. The van der Waals surface area contributed by atoms with Crippen LogP contribution >= 0.6 is 0 Å². The third-order valence-corrected chi connectivity index (χ3v) is 14.4. The Hall–Kier alpha value is -4.68. The first-order valence-corrected chi connectivity index (χ1v) is 21.3. The number of benzene rings is 1. The Kier molecular flexibility index (Phi) is 11.9. The van der Waals surface area contributed by atoms with Gasteiger partial charge in [0.05, 0.1) is 13.2 Å². The second-order valence-corrected chi connectivity index (χ2v) is 19.0. The SMILES string of the molecule is CCOc1ccc2c(O[C@@H]3C[C@H]4C(=O)N[C@]5(C(=O)NS(=O)(=O)C6(CF)CC6)C[C@H]5/C=C\CC[C@H](C)C[C@@H](C)[C@H](N(C(=O)O)C(C)(C)C(F)(F)F)C(=O)N4C3)nccc2c1. The molecule has 19 heteroatoms. The Morgan fingerprint density at radius 1 is 1.14 bits per heavy atom. The molecule has 1 saturated heterocycles. The van der Waals surface area contributed by atoms with E-state index >= 15 is 0 Å². The van der Waals surface area contributed by atoms with E-state index in [2.05, 4.69) is 10.3 Å². The standard InChI is InChI=1S/C40H51F4N5O9S/c1-6-57-27-11-12-29-25(18-27)13-16-45-33(29)58-28-19-30-32(50)46-39(35(52)47-59(55,56)38(22-41)14-15-38)20-26(39)10-8-7-9-23(2)17-24(3)31(34(51)48(30)21-28)49(36(53)54)37(4,5)40(42,43)44/h8,10-13,16,18,23-24,26,28,30-31H,6-7,9,14-15,17,19-22H2,1-5H3,(H,46,50)(H,47,52)(H,53,54)/b10-8-/t23-,24+,26+,28+,30-,31-,39+/m0/s1. The van der Waals surface area contributed by atoms with Crippen LogP contribution < -0.4 is 19.5 Å². The van der Waals surface area contributed by atoms with Crippen molar-refractivity contribution in [2.45, 2.75) is 120 Å². The van der Waals surface area contributed by atoms with Crippen LogP contribution in [-0.2, 0) is 24.4 Å². The molecule has 4 amide bonds. The molecule has 2 aliphatic carbocycles. The van der Waals surface area contributed by atoms with Gasteiger partial charge in [0.1, 0.15) is 46.4 Å². The summed E-state index contributed by atoms with van der Waals surface area (Å²) in [5.74, 6) is -4.31. The van der Waals surface area contributed by atoms with Crippen molar-refractivity contribution in [3.63, 3.8) is 0 Å². The van der Waals surface area contributed by atoms with Crippen LogP contribution in [0.4, 0.5) is 22.4 Å². The molecular weight excluding hydrogens is 803 g/mol. The highest BCUT2D eigenvalue weighted by Crippen LogP contribution is 2.48. The predicted molar refractivity (Wildman–Crippen MR) is 207 cm³/mol. The lowest BCUT2D eigenvalue weighted by molar-refractivity contribution is -0.222. The summed E-state index contributed by atoms with van der Waals surface area (Å²) < 4.78 is 96.5. The summed E-state index contributed by atoms with van der Waals surface area (Å²) in [5.41, 5.74) is -4.89. The van der Waals surface area contributed by atoms with E-state index in [-0.39, 0.29) is 55.3 Å². The number of carbonyl (C=O) groups excluding carboxylic acids is 3. The second kappa shape index (κ2) is 16.1. The molecule has 1 aromatic heterocycles.